The summed E-state index contributed by atoms with van der Waals surface area (Å²) in [5.41, 5.74) is 0.938. The van der Waals surface area contributed by atoms with E-state index in [1.807, 2.05) is 0 Å². The van der Waals surface area contributed by atoms with Gasteiger partial charge >= 0.3 is 0 Å². The molecular weight excluding hydrogens is 276 g/mol. The summed E-state index contributed by atoms with van der Waals surface area (Å²) in [6.45, 7) is 3.97. The highest BCUT2D eigenvalue weighted by atomic mass is 32.2. The van der Waals surface area contributed by atoms with E-state index in [-0.39, 0.29) is 0 Å². The van der Waals surface area contributed by atoms with Crippen LogP contribution in [0.4, 0.5) is 5.69 Å². The standard InChI is InChI=1S/C14H24N2O3S/c1-4-10-15-13-6-8-14(9-7-13)20(17,18)16(2)11-5-12-19-3/h6-9,15H,4-5,10-12H2,1-3H3. The van der Waals surface area contributed by atoms with E-state index in [4.69, 9.17) is 4.74 Å². The van der Waals surface area contributed by atoms with Gasteiger partial charge in [0.2, 0.25) is 10.0 Å². The number of anilines is 1. The quantitative estimate of drug-likeness (QED) is 0.710. The van der Waals surface area contributed by atoms with Gasteiger partial charge in [0, 0.05) is 39.5 Å². The molecule has 0 aliphatic rings. The van der Waals surface area contributed by atoms with Gasteiger partial charge in [-0.1, -0.05) is 6.92 Å². The summed E-state index contributed by atoms with van der Waals surface area (Å²) >= 11 is 0. The van der Waals surface area contributed by atoms with E-state index >= 15 is 0 Å². The van der Waals surface area contributed by atoms with Crippen LogP contribution in [0.25, 0.3) is 0 Å². The molecule has 114 valence electrons. The van der Waals surface area contributed by atoms with Crippen LogP contribution in [-0.4, -0.2) is 46.6 Å². The average Bonchev–Trinajstić information content (AvgIpc) is 2.45. The first kappa shape index (κ1) is 16.9. The third-order valence-corrected chi connectivity index (χ3v) is 4.83. The van der Waals surface area contributed by atoms with Gasteiger partial charge in [-0.15, -0.1) is 0 Å². The number of hydrogen-bond donors (Lipinski definition) is 1. The van der Waals surface area contributed by atoms with Gasteiger partial charge in [-0.05, 0) is 37.1 Å². The Hall–Kier alpha value is -1.11. The highest BCUT2D eigenvalue weighted by Crippen LogP contribution is 2.17. The molecule has 1 N–H and O–H groups in total. The first-order valence-corrected chi connectivity index (χ1v) is 8.25. The zero-order valence-corrected chi connectivity index (χ0v) is 13.2. The third-order valence-electron chi connectivity index (χ3n) is 2.96. The van der Waals surface area contributed by atoms with Crippen molar-refractivity contribution in [3.05, 3.63) is 24.3 Å². The molecule has 0 amide bonds. The lowest BCUT2D eigenvalue weighted by atomic mass is 10.3. The predicted molar refractivity (Wildman–Crippen MR) is 81.5 cm³/mol. The van der Waals surface area contributed by atoms with Gasteiger partial charge < -0.3 is 10.1 Å². The summed E-state index contributed by atoms with van der Waals surface area (Å²) in [4.78, 5) is 0.319. The molecule has 1 rings (SSSR count). The first-order chi connectivity index (χ1) is 9.52. The molecule has 0 saturated heterocycles. The van der Waals surface area contributed by atoms with Crippen LogP contribution < -0.4 is 5.32 Å². The van der Waals surface area contributed by atoms with Gasteiger partial charge in [0.25, 0.3) is 0 Å². The average molecular weight is 300 g/mol. The number of benzene rings is 1. The van der Waals surface area contributed by atoms with Crippen LogP contribution in [0.15, 0.2) is 29.2 Å². The van der Waals surface area contributed by atoms with E-state index in [2.05, 4.69) is 12.2 Å². The Labute approximate surface area is 122 Å². The minimum absolute atomic E-state index is 0.319. The maximum atomic E-state index is 12.3. The molecule has 0 unspecified atom stereocenters. The number of hydrogen-bond acceptors (Lipinski definition) is 4. The highest BCUT2D eigenvalue weighted by Gasteiger charge is 2.19. The van der Waals surface area contributed by atoms with E-state index in [1.165, 1.54) is 4.31 Å². The van der Waals surface area contributed by atoms with E-state index in [1.54, 1.807) is 38.4 Å². The molecule has 0 aliphatic carbocycles. The van der Waals surface area contributed by atoms with Crippen LogP contribution in [0.1, 0.15) is 19.8 Å². The molecule has 0 saturated carbocycles. The van der Waals surface area contributed by atoms with Crippen molar-refractivity contribution in [1.29, 1.82) is 0 Å². The SMILES string of the molecule is CCCNc1ccc(S(=O)(=O)N(C)CCCOC)cc1. The normalized spacial score (nSPS) is 11.8. The lowest BCUT2D eigenvalue weighted by Crippen LogP contribution is -2.28. The fourth-order valence-corrected chi connectivity index (χ4v) is 2.96. The predicted octanol–water partition coefficient (Wildman–Crippen LogP) is 2.17. The summed E-state index contributed by atoms with van der Waals surface area (Å²) < 4.78 is 30.9. The van der Waals surface area contributed by atoms with E-state index in [9.17, 15) is 8.42 Å². The maximum Gasteiger partial charge on any atom is 0.242 e. The van der Waals surface area contributed by atoms with Crippen LogP contribution in [0.3, 0.4) is 0 Å². The summed E-state index contributed by atoms with van der Waals surface area (Å²) in [6, 6.07) is 6.87. The maximum absolute atomic E-state index is 12.3. The molecule has 5 nitrogen and oxygen atoms in total. The van der Waals surface area contributed by atoms with Crippen molar-refractivity contribution in [2.75, 3.05) is 39.2 Å². The fourth-order valence-electron chi connectivity index (χ4n) is 1.75. The van der Waals surface area contributed by atoms with Crippen LogP contribution in [0.2, 0.25) is 0 Å². The molecule has 0 radical (unpaired) electrons. The number of nitrogens with one attached hydrogen (secondary N) is 1. The molecule has 6 heteroatoms. The number of methoxy groups -OCH3 is 1. The molecule has 0 bridgehead atoms. The minimum Gasteiger partial charge on any atom is -0.385 e. The summed E-state index contributed by atoms with van der Waals surface area (Å²) in [5, 5.41) is 3.22. The molecule has 1 aromatic rings. The van der Waals surface area contributed by atoms with Crippen molar-refractivity contribution in [3.63, 3.8) is 0 Å². The Bertz CT molecular complexity index is 486. The largest absolute Gasteiger partial charge is 0.385 e. The first-order valence-electron chi connectivity index (χ1n) is 6.81. The van der Waals surface area contributed by atoms with Gasteiger partial charge in [-0.3, -0.25) is 0 Å². The molecule has 0 atom stereocenters. The molecular formula is C14H24N2O3S. The Kier molecular flexibility index (Phi) is 6.98. The summed E-state index contributed by atoms with van der Waals surface area (Å²) in [5.74, 6) is 0. The monoisotopic (exact) mass is 300 g/mol. The zero-order chi connectivity index (χ0) is 15.0. The van der Waals surface area contributed by atoms with Crippen LogP contribution >= 0.6 is 0 Å². The van der Waals surface area contributed by atoms with E-state index in [0.29, 0.717) is 24.5 Å². The third kappa shape index (κ3) is 4.77. The van der Waals surface area contributed by atoms with Crippen molar-refractivity contribution >= 4 is 15.7 Å². The summed E-state index contributed by atoms with van der Waals surface area (Å²) in [7, 11) is -0.208. The number of rotatable bonds is 9. The zero-order valence-electron chi connectivity index (χ0n) is 12.4. The van der Waals surface area contributed by atoms with Crippen molar-refractivity contribution < 1.29 is 13.2 Å². The van der Waals surface area contributed by atoms with Crippen molar-refractivity contribution in [1.82, 2.24) is 4.31 Å². The van der Waals surface area contributed by atoms with Crippen LogP contribution in [0.5, 0.6) is 0 Å². The lowest BCUT2D eigenvalue weighted by Gasteiger charge is -2.17. The molecule has 1 aromatic carbocycles. The Morgan fingerprint density at radius 3 is 2.45 bits per heavy atom. The highest BCUT2D eigenvalue weighted by molar-refractivity contribution is 7.89. The van der Waals surface area contributed by atoms with Gasteiger partial charge in [-0.25, -0.2) is 12.7 Å². The second-order valence-corrected chi connectivity index (χ2v) is 6.67. The second kappa shape index (κ2) is 8.24. The van der Waals surface area contributed by atoms with Crippen LogP contribution in [-0.2, 0) is 14.8 Å². The van der Waals surface area contributed by atoms with Crippen molar-refractivity contribution in [2.24, 2.45) is 0 Å². The van der Waals surface area contributed by atoms with Crippen molar-refractivity contribution in [2.45, 2.75) is 24.7 Å². The van der Waals surface area contributed by atoms with E-state index < -0.39 is 10.0 Å². The van der Waals surface area contributed by atoms with Gasteiger partial charge in [0.15, 0.2) is 0 Å². The number of sulfonamides is 1. The fraction of sp³-hybridized carbons (Fsp3) is 0.571. The number of nitrogens with zero attached hydrogens (tertiary/aromatic N) is 1. The topological polar surface area (TPSA) is 58.6 Å². The molecule has 0 heterocycles. The Morgan fingerprint density at radius 2 is 1.90 bits per heavy atom. The molecule has 0 aromatic heterocycles. The van der Waals surface area contributed by atoms with Gasteiger partial charge in [-0.2, -0.15) is 0 Å². The number of ether oxygens (including phenoxy) is 1. The molecule has 0 spiro atoms. The second-order valence-electron chi connectivity index (χ2n) is 4.62. The Morgan fingerprint density at radius 1 is 1.25 bits per heavy atom. The lowest BCUT2D eigenvalue weighted by molar-refractivity contribution is 0.189. The van der Waals surface area contributed by atoms with Crippen molar-refractivity contribution in [3.8, 4) is 0 Å². The van der Waals surface area contributed by atoms with Crippen LogP contribution in [0, 0.1) is 0 Å². The molecule has 0 aliphatic heterocycles. The Balaban J connectivity index is 2.71. The molecule has 20 heavy (non-hydrogen) atoms. The summed E-state index contributed by atoms with van der Waals surface area (Å²) in [6.07, 6.45) is 1.71. The van der Waals surface area contributed by atoms with Gasteiger partial charge in [0.05, 0.1) is 4.90 Å². The minimum atomic E-state index is -3.41. The van der Waals surface area contributed by atoms with E-state index in [0.717, 1.165) is 18.7 Å². The smallest absolute Gasteiger partial charge is 0.242 e. The van der Waals surface area contributed by atoms with Gasteiger partial charge in [0.1, 0.15) is 0 Å². The molecule has 0 fully saturated rings.